The summed E-state index contributed by atoms with van der Waals surface area (Å²) in [5, 5.41) is 7.91. The van der Waals surface area contributed by atoms with Crippen LogP contribution in [0.1, 0.15) is 23.7 Å². The molecule has 0 spiro atoms. The van der Waals surface area contributed by atoms with Crippen LogP contribution >= 0.6 is 23.2 Å². The van der Waals surface area contributed by atoms with Crippen molar-refractivity contribution in [1.29, 1.82) is 0 Å². The molecule has 1 N–H and O–H groups in total. The Morgan fingerprint density at radius 2 is 2.15 bits per heavy atom. The highest BCUT2D eigenvalue weighted by Gasteiger charge is 2.31. The number of sulfone groups is 1. The van der Waals surface area contributed by atoms with Gasteiger partial charge in [-0.3, -0.25) is 4.79 Å². The molecular formula is C17H17Cl2N3O3S. The van der Waals surface area contributed by atoms with Gasteiger partial charge in [0.2, 0.25) is 5.91 Å². The zero-order chi connectivity index (χ0) is 18.9. The van der Waals surface area contributed by atoms with Crippen molar-refractivity contribution >= 4 is 50.7 Å². The molecule has 2 aromatic rings. The SMILES string of the molecule is Cc1nn([C@@H]2CCS(=O)(=O)C2)c(Cl)c1/C=C/C(=O)Nc1cccc(Cl)c1. The summed E-state index contributed by atoms with van der Waals surface area (Å²) in [6.45, 7) is 1.76. The molecule has 26 heavy (non-hydrogen) atoms. The quantitative estimate of drug-likeness (QED) is 0.777. The minimum Gasteiger partial charge on any atom is -0.322 e. The number of carbonyl (C=O) groups excluding carboxylic acids is 1. The van der Waals surface area contributed by atoms with Crippen molar-refractivity contribution in [3.05, 3.63) is 51.8 Å². The number of nitrogens with one attached hydrogen (secondary N) is 1. The van der Waals surface area contributed by atoms with Crippen LogP contribution in [0.25, 0.3) is 6.08 Å². The first kappa shape index (κ1) is 18.9. The van der Waals surface area contributed by atoms with Crippen LogP contribution in [0, 0.1) is 6.92 Å². The van der Waals surface area contributed by atoms with Gasteiger partial charge in [-0.05, 0) is 37.6 Å². The number of aromatic nitrogens is 2. The molecular weight excluding hydrogens is 397 g/mol. The van der Waals surface area contributed by atoms with Gasteiger partial charge in [0.1, 0.15) is 5.15 Å². The maximum Gasteiger partial charge on any atom is 0.248 e. The summed E-state index contributed by atoms with van der Waals surface area (Å²) in [4.78, 5) is 12.1. The molecule has 3 rings (SSSR count). The molecule has 1 saturated heterocycles. The van der Waals surface area contributed by atoms with Gasteiger partial charge >= 0.3 is 0 Å². The number of hydrogen-bond acceptors (Lipinski definition) is 4. The smallest absolute Gasteiger partial charge is 0.248 e. The van der Waals surface area contributed by atoms with E-state index in [4.69, 9.17) is 23.2 Å². The Bertz CT molecular complexity index is 983. The van der Waals surface area contributed by atoms with E-state index in [0.717, 1.165) is 0 Å². The lowest BCUT2D eigenvalue weighted by Gasteiger charge is -2.09. The second kappa shape index (κ2) is 7.42. The Balaban J connectivity index is 1.75. The van der Waals surface area contributed by atoms with E-state index in [9.17, 15) is 13.2 Å². The van der Waals surface area contributed by atoms with Gasteiger partial charge in [0.05, 0.1) is 23.2 Å². The summed E-state index contributed by atoms with van der Waals surface area (Å²) >= 11 is 12.3. The number of amides is 1. The Hall–Kier alpha value is -1.83. The number of hydrogen-bond donors (Lipinski definition) is 1. The fourth-order valence-electron chi connectivity index (χ4n) is 2.84. The van der Waals surface area contributed by atoms with Crippen molar-refractivity contribution in [3.63, 3.8) is 0 Å². The summed E-state index contributed by atoms with van der Waals surface area (Å²) in [5.41, 5.74) is 1.81. The predicted molar refractivity (Wildman–Crippen MR) is 103 cm³/mol. The molecule has 0 bridgehead atoms. The van der Waals surface area contributed by atoms with Crippen molar-refractivity contribution in [2.45, 2.75) is 19.4 Å². The molecule has 0 aliphatic carbocycles. The lowest BCUT2D eigenvalue weighted by Crippen LogP contribution is -2.12. The van der Waals surface area contributed by atoms with Crippen LogP contribution in [0.3, 0.4) is 0 Å². The second-order valence-corrected chi connectivity index (χ2v) is 9.15. The van der Waals surface area contributed by atoms with Gasteiger partial charge in [0.15, 0.2) is 9.84 Å². The molecule has 2 heterocycles. The average Bonchev–Trinajstić information content (AvgIpc) is 3.05. The highest BCUT2D eigenvalue weighted by atomic mass is 35.5. The number of nitrogens with zero attached hydrogens (tertiary/aromatic N) is 2. The topological polar surface area (TPSA) is 81.1 Å². The summed E-state index contributed by atoms with van der Waals surface area (Å²) in [7, 11) is -3.04. The number of rotatable bonds is 4. The third-order valence-electron chi connectivity index (χ3n) is 4.12. The van der Waals surface area contributed by atoms with Gasteiger partial charge in [-0.1, -0.05) is 29.3 Å². The molecule has 0 radical (unpaired) electrons. The minimum absolute atomic E-state index is 0.0340. The van der Waals surface area contributed by atoms with Crippen molar-refractivity contribution in [1.82, 2.24) is 9.78 Å². The molecule has 0 unspecified atom stereocenters. The molecule has 1 fully saturated rings. The molecule has 6 nitrogen and oxygen atoms in total. The van der Waals surface area contributed by atoms with Crippen LogP contribution in [0.15, 0.2) is 30.3 Å². The largest absolute Gasteiger partial charge is 0.322 e. The van der Waals surface area contributed by atoms with E-state index >= 15 is 0 Å². The Labute approximate surface area is 161 Å². The Morgan fingerprint density at radius 3 is 2.81 bits per heavy atom. The fourth-order valence-corrected chi connectivity index (χ4v) is 5.10. The number of halogens is 2. The molecule has 1 aromatic heterocycles. The van der Waals surface area contributed by atoms with E-state index in [-0.39, 0.29) is 23.5 Å². The summed E-state index contributed by atoms with van der Waals surface area (Å²) in [5.74, 6) is -0.161. The zero-order valence-electron chi connectivity index (χ0n) is 13.9. The zero-order valence-corrected chi connectivity index (χ0v) is 16.3. The molecule has 1 aliphatic heterocycles. The molecule has 1 aromatic carbocycles. The predicted octanol–water partition coefficient (Wildman–Crippen LogP) is 3.51. The van der Waals surface area contributed by atoms with Crippen LogP contribution in [-0.4, -0.2) is 35.6 Å². The number of carbonyl (C=O) groups is 1. The van der Waals surface area contributed by atoms with Crippen molar-refractivity contribution in [3.8, 4) is 0 Å². The monoisotopic (exact) mass is 413 g/mol. The first-order valence-electron chi connectivity index (χ1n) is 7.95. The number of benzene rings is 1. The maximum absolute atomic E-state index is 12.1. The number of anilines is 1. The minimum atomic E-state index is -3.04. The van der Waals surface area contributed by atoms with Crippen molar-refractivity contribution in [2.24, 2.45) is 0 Å². The lowest BCUT2D eigenvalue weighted by atomic mass is 10.2. The maximum atomic E-state index is 12.1. The Morgan fingerprint density at radius 1 is 1.38 bits per heavy atom. The van der Waals surface area contributed by atoms with Crippen LogP contribution in [0.2, 0.25) is 10.2 Å². The summed E-state index contributed by atoms with van der Waals surface area (Å²) in [6.07, 6.45) is 3.42. The first-order valence-corrected chi connectivity index (χ1v) is 10.5. The van der Waals surface area contributed by atoms with Crippen LogP contribution in [0.5, 0.6) is 0 Å². The van der Waals surface area contributed by atoms with Crippen LogP contribution in [-0.2, 0) is 14.6 Å². The summed E-state index contributed by atoms with van der Waals surface area (Å²) in [6, 6.07) is 6.56. The van der Waals surface area contributed by atoms with Crippen molar-refractivity contribution in [2.75, 3.05) is 16.8 Å². The molecule has 9 heteroatoms. The van der Waals surface area contributed by atoms with E-state index < -0.39 is 9.84 Å². The van der Waals surface area contributed by atoms with E-state index in [1.54, 1.807) is 37.3 Å². The number of aryl methyl sites for hydroxylation is 1. The second-order valence-electron chi connectivity index (χ2n) is 6.12. The van der Waals surface area contributed by atoms with Gasteiger partial charge in [0.25, 0.3) is 0 Å². The van der Waals surface area contributed by atoms with Crippen LogP contribution in [0.4, 0.5) is 5.69 Å². The third kappa shape index (κ3) is 4.28. The molecule has 1 aliphatic rings. The third-order valence-corrected chi connectivity index (χ3v) is 6.48. The van der Waals surface area contributed by atoms with E-state index in [1.165, 1.54) is 10.8 Å². The van der Waals surface area contributed by atoms with Gasteiger partial charge in [-0.2, -0.15) is 5.10 Å². The van der Waals surface area contributed by atoms with Crippen molar-refractivity contribution < 1.29 is 13.2 Å². The molecule has 1 atom stereocenters. The standard InChI is InChI=1S/C17H17Cl2N3O3S/c1-11-15(5-6-16(23)20-13-4-2-3-12(18)9-13)17(19)22(21-11)14-7-8-26(24,25)10-14/h2-6,9,14H,7-8,10H2,1H3,(H,20,23)/b6-5+/t14-/m1/s1. The van der Waals surface area contributed by atoms with E-state index in [2.05, 4.69) is 10.4 Å². The van der Waals surface area contributed by atoms with E-state index in [0.29, 0.717) is 33.5 Å². The summed E-state index contributed by atoms with van der Waals surface area (Å²) < 4.78 is 24.9. The highest BCUT2D eigenvalue weighted by Crippen LogP contribution is 2.30. The molecule has 1 amide bonds. The van der Waals surface area contributed by atoms with Crippen LogP contribution < -0.4 is 5.32 Å². The molecule has 138 valence electrons. The Kier molecular flexibility index (Phi) is 5.41. The van der Waals surface area contributed by atoms with E-state index in [1.807, 2.05) is 0 Å². The van der Waals surface area contributed by atoms with Gasteiger partial charge in [-0.15, -0.1) is 0 Å². The van der Waals surface area contributed by atoms with Gasteiger partial charge in [-0.25, -0.2) is 13.1 Å². The average molecular weight is 414 g/mol. The van der Waals surface area contributed by atoms with Gasteiger partial charge < -0.3 is 5.32 Å². The lowest BCUT2D eigenvalue weighted by molar-refractivity contribution is -0.111. The molecule has 0 saturated carbocycles. The fraction of sp³-hybridized carbons (Fsp3) is 0.294. The highest BCUT2D eigenvalue weighted by molar-refractivity contribution is 7.91. The van der Waals surface area contributed by atoms with Gasteiger partial charge in [0, 0.05) is 22.3 Å². The first-order chi connectivity index (χ1) is 12.2. The normalized spacial score (nSPS) is 19.1.